The van der Waals surface area contributed by atoms with E-state index in [2.05, 4.69) is 17.5 Å². The minimum atomic E-state index is -0.944. The molecule has 2 aromatic rings. The molecule has 5 heteroatoms. The predicted molar refractivity (Wildman–Crippen MR) is 86.8 cm³/mol. The Balaban J connectivity index is 1.90. The van der Waals surface area contributed by atoms with Gasteiger partial charge in [0.2, 0.25) is 0 Å². The molecule has 0 unspecified atom stereocenters. The molecule has 0 aliphatic heterocycles. The molecule has 0 aromatic heterocycles. The lowest BCUT2D eigenvalue weighted by Crippen LogP contribution is -1.97. The Morgan fingerprint density at radius 1 is 1.18 bits per heavy atom. The third kappa shape index (κ3) is 4.63. The molecule has 0 spiro atoms. The Kier molecular flexibility index (Phi) is 5.54. The SMILES string of the molecule is CCCOc1ccc(/C=N/Nc2ccc(C(=O)O)cc2)cc1. The Labute approximate surface area is 129 Å². The number of nitrogens with one attached hydrogen (secondary N) is 1. The highest BCUT2D eigenvalue weighted by Crippen LogP contribution is 2.12. The van der Waals surface area contributed by atoms with Crippen LogP contribution in [0.5, 0.6) is 5.75 Å². The van der Waals surface area contributed by atoms with Crippen molar-refractivity contribution in [2.24, 2.45) is 5.10 Å². The monoisotopic (exact) mass is 298 g/mol. The second-order valence-electron chi connectivity index (χ2n) is 4.67. The quantitative estimate of drug-likeness (QED) is 0.605. The molecule has 0 bridgehead atoms. The van der Waals surface area contributed by atoms with Gasteiger partial charge in [0.25, 0.3) is 0 Å². The van der Waals surface area contributed by atoms with Crippen molar-refractivity contribution in [3.8, 4) is 5.75 Å². The maximum atomic E-state index is 10.7. The van der Waals surface area contributed by atoms with E-state index >= 15 is 0 Å². The highest BCUT2D eigenvalue weighted by atomic mass is 16.5. The van der Waals surface area contributed by atoms with E-state index in [0.29, 0.717) is 6.61 Å². The van der Waals surface area contributed by atoms with Crippen LogP contribution in [0.25, 0.3) is 0 Å². The van der Waals surface area contributed by atoms with Gasteiger partial charge < -0.3 is 9.84 Å². The van der Waals surface area contributed by atoms with Crippen molar-refractivity contribution < 1.29 is 14.6 Å². The molecule has 2 rings (SSSR count). The number of benzene rings is 2. The van der Waals surface area contributed by atoms with Crippen LogP contribution in [0.2, 0.25) is 0 Å². The molecule has 2 N–H and O–H groups in total. The lowest BCUT2D eigenvalue weighted by atomic mass is 10.2. The van der Waals surface area contributed by atoms with Gasteiger partial charge in [-0.1, -0.05) is 6.92 Å². The van der Waals surface area contributed by atoms with E-state index in [4.69, 9.17) is 9.84 Å². The highest BCUT2D eigenvalue weighted by molar-refractivity contribution is 5.88. The average molecular weight is 298 g/mol. The number of carbonyl (C=O) groups is 1. The van der Waals surface area contributed by atoms with Crippen LogP contribution in [-0.4, -0.2) is 23.9 Å². The van der Waals surface area contributed by atoms with Gasteiger partial charge >= 0.3 is 5.97 Å². The zero-order chi connectivity index (χ0) is 15.8. The largest absolute Gasteiger partial charge is 0.494 e. The number of carboxylic acid groups (broad SMARTS) is 1. The van der Waals surface area contributed by atoms with E-state index in [1.807, 2.05) is 24.3 Å². The second kappa shape index (κ2) is 7.83. The molecule has 0 aliphatic rings. The van der Waals surface area contributed by atoms with Crippen LogP contribution in [0.4, 0.5) is 5.69 Å². The summed E-state index contributed by atoms with van der Waals surface area (Å²) in [5.41, 5.74) is 4.77. The normalized spacial score (nSPS) is 10.6. The number of ether oxygens (including phenoxy) is 1. The van der Waals surface area contributed by atoms with E-state index in [1.165, 1.54) is 12.1 Å². The summed E-state index contributed by atoms with van der Waals surface area (Å²) in [6, 6.07) is 14.0. The van der Waals surface area contributed by atoms with Gasteiger partial charge in [0.05, 0.1) is 24.1 Å². The van der Waals surface area contributed by atoms with Gasteiger partial charge in [-0.05, 0) is 60.5 Å². The van der Waals surface area contributed by atoms with Crippen LogP contribution in [0.1, 0.15) is 29.3 Å². The van der Waals surface area contributed by atoms with Crippen LogP contribution in [0.15, 0.2) is 53.6 Å². The lowest BCUT2D eigenvalue weighted by molar-refractivity contribution is 0.0697. The van der Waals surface area contributed by atoms with E-state index < -0.39 is 5.97 Å². The first kappa shape index (κ1) is 15.6. The summed E-state index contributed by atoms with van der Waals surface area (Å²) in [4.78, 5) is 10.7. The molecule has 0 aliphatic carbocycles. The Morgan fingerprint density at radius 2 is 1.86 bits per heavy atom. The molecule has 0 atom stereocenters. The number of nitrogens with zero attached hydrogens (tertiary/aromatic N) is 1. The molecule has 0 saturated carbocycles. The predicted octanol–water partition coefficient (Wildman–Crippen LogP) is 3.62. The van der Waals surface area contributed by atoms with Crippen molar-refractivity contribution in [2.45, 2.75) is 13.3 Å². The minimum absolute atomic E-state index is 0.247. The summed E-state index contributed by atoms with van der Waals surface area (Å²) in [6.07, 6.45) is 2.67. The molecule has 0 saturated heterocycles. The zero-order valence-corrected chi connectivity index (χ0v) is 12.3. The molecule has 0 fully saturated rings. The van der Waals surface area contributed by atoms with Gasteiger partial charge in [0.15, 0.2) is 0 Å². The maximum Gasteiger partial charge on any atom is 0.335 e. The van der Waals surface area contributed by atoms with Crippen molar-refractivity contribution in [1.82, 2.24) is 0 Å². The maximum absolute atomic E-state index is 10.7. The first-order valence-electron chi connectivity index (χ1n) is 7.04. The summed E-state index contributed by atoms with van der Waals surface area (Å²) in [5, 5.41) is 12.9. The third-order valence-electron chi connectivity index (χ3n) is 2.89. The lowest BCUT2D eigenvalue weighted by Gasteiger charge is -2.04. The summed E-state index contributed by atoms with van der Waals surface area (Å²) in [5.74, 6) is -0.100. The summed E-state index contributed by atoms with van der Waals surface area (Å²) in [6.45, 7) is 2.77. The number of rotatable bonds is 7. The summed E-state index contributed by atoms with van der Waals surface area (Å²) < 4.78 is 5.51. The fourth-order valence-electron chi connectivity index (χ4n) is 1.74. The Morgan fingerprint density at radius 3 is 2.45 bits per heavy atom. The molecule has 5 nitrogen and oxygen atoms in total. The molecule has 0 amide bonds. The van der Waals surface area contributed by atoms with Crippen LogP contribution < -0.4 is 10.2 Å². The average Bonchev–Trinajstić information content (AvgIpc) is 2.54. The topological polar surface area (TPSA) is 70.9 Å². The molecule has 0 radical (unpaired) electrons. The standard InChI is InChI=1S/C17H18N2O3/c1-2-11-22-16-9-3-13(4-10-16)12-18-19-15-7-5-14(6-8-15)17(20)21/h3-10,12,19H,2,11H2,1H3,(H,20,21)/b18-12+. The first-order chi connectivity index (χ1) is 10.7. The molecule has 2 aromatic carbocycles. The van der Waals surface area contributed by atoms with Crippen molar-refractivity contribution in [3.63, 3.8) is 0 Å². The van der Waals surface area contributed by atoms with Gasteiger partial charge in [0, 0.05) is 0 Å². The number of hydrogen-bond acceptors (Lipinski definition) is 4. The number of hydrogen-bond donors (Lipinski definition) is 2. The summed E-state index contributed by atoms with van der Waals surface area (Å²) >= 11 is 0. The Bertz CT molecular complexity index is 634. The van der Waals surface area contributed by atoms with Crippen LogP contribution in [0, 0.1) is 0 Å². The number of aromatic carboxylic acids is 1. The van der Waals surface area contributed by atoms with Gasteiger partial charge in [0.1, 0.15) is 5.75 Å². The molecular formula is C17H18N2O3. The van der Waals surface area contributed by atoms with E-state index in [-0.39, 0.29) is 5.56 Å². The molecule has 0 heterocycles. The van der Waals surface area contributed by atoms with Crippen LogP contribution >= 0.6 is 0 Å². The highest BCUT2D eigenvalue weighted by Gasteiger charge is 2.00. The fraction of sp³-hybridized carbons (Fsp3) is 0.176. The molecule has 114 valence electrons. The number of carboxylic acids is 1. The van der Waals surface area contributed by atoms with Crippen molar-refractivity contribution >= 4 is 17.9 Å². The molecular weight excluding hydrogens is 280 g/mol. The van der Waals surface area contributed by atoms with E-state index in [1.54, 1.807) is 18.3 Å². The van der Waals surface area contributed by atoms with E-state index in [9.17, 15) is 4.79 Å². The molecule has 22 heavy (non-hydrogen) atoms. The van der Waals surface area contributed by atoms with Crippen molar-refractivity contribution in [1.29, 1.82) is 0 Å². The van der Waals surface area contributed by atoms with E-state index in [0.717, 1.165) is 23.4 Å². The second-order valence-corrected chi connectivity index (χ2v) is 4.67. The number of anilines is 1. The number of hydrazone groups is 1. The fourth-order valence-corrected chi connectivity index (χ4v) is 1.74. The first-order valence-corrected chi connectivity index (χ1v) is 7.04. The summed E-state index contributed by atoms with van der Waals surface area (Å²) in [7, 11) is 0. The third-order valence-corrected chi connectivity index (χ3v) is 2.89. The van der Waals surface area contributed by atoms with Gasteiger partial charge in [-0.3, -0.25) is 5.43 Å². The van der Waals surface area contributed by atoms with Gasteiger partial charge in [-0.2, -0.15) is 5.10 Å². The minimum Gasteiger partial charge on any atom is -0.494 e. The zero-order valence-electron chi connectivity index (χ0n) is 12.3. The smallest absolute Gasteiger partial charge is 0.335 e. The van der Waals surface area contributed by atoms with Crippen molar-refractivity contribution in [2.75, 3.05) is 12.0 Å². The van der Waals surface area contributed by atoms with Gasteiger partial charge in [-0.25, -0.2) is 4.79 Å². The van der Waals surface area contributed by atoms with Crippen LogP contribution in [-0.2, 0) is 0 Å². The van der Waals surface area contributed by atoms with Gasteiger partial charge in [-0.15, -0.1) is 0 Å². The van der Waals surface area contributed by atoms with Crippen molar-refractivity contribution in [3.05, 3.63) is 59.7 Å². The Hall–Kier alpha value is -2.82. The van der Waals surface area contributed by atoms with Crippen LogP contribution in [0.3, 0.4) is 0 Å².